The van der Waals surface area contributed by atoms with Gasteiger partial charge >= 0.3 is 7.60 Å². The lowest BCUT2D eigenvalue weighted by Crippen LogP contribution is -2.33. The number of aliphatic hydroxyl groups excluding tert-OH is 2. The Bertz CT molecular complexity index is 1040. The van der Waals surface area contributed by atoms with Crippen molar-refractivity contribution in [2.45, 2.75) is 43.7 Å². The van der Waals surface area contributed by atoms with E-state index in [1.807, 2.05) is 5.38 Å². The number of nitrogens with zero attached hydrogens (tertiary/aromatic N) is 3. The van der Waals surface area contributed by atoms with Crippen LogP contribution in [0.2, 0.25) is 5.28 Å². The summed E-state index contributed by atoms with van der Waals surface area (Å²) in [6, 6.07) is 0. The Labute approximate surface area is 193 Å². The summed E-state index contributed by atoms with van der Waals surface area (Å²) < 4.78 is 22.6. The fraction of sp³-hybridized carbons (Fsp3) is 0.684. The molecule has 10 nitrogen and oxygen atoms in total. The third-order valence-corrected chi connectivity index (χ3v) is 8.31. The molecule has 1 saturated carbocycles. The highest BCUT2D eigenvalue weighted by atomic mass is 35.5. The average Bonchev–Trinajstić information content (AvgIpc) is 3.46. The van der Waals surface area contributed by atoms with Gasteiger partial charge in [0.25, 0.3) is 0 Å². The fourth-order valence-electron chi connectivity index (χ4n) is 5.15. The summed E-state index contributed by atoms with van der Waals surface area (Å²) in [7, 11) is -4.34. The highest BCUT2D eigenvalue weighted by Gasteiger charge is 2.45. The summed E-state index contributed by atoms with van der Waals surface area (Å²) >= 11 is 7.72. The van der Waals surface area contributed by atoms with Crippen molar-refractivity contribution in [1.82, 2.24) is 9.97 Å². The first-order valence-corrected chi connectivity index (χ1v) is 13.6. The lowest BCUT2D eigenvalue weighted by molar-refractivity contribution is -0.0386. The van der Waals surface area contributed by atoms with E-state index in [9.17, 15) is 14.8 Å². The van der Waals surface area contributed by atoms with Crippen LogP contribution in [0.1, 0.15) is 30.9 Å². The lowest BCUT2D eigenvalue weighted by Gasteiger charge is -2.19. The van der Waals surface area contributed by atoms with E-state index in [1.165, 1.54) is 30.6 Å². The molecule has 3 aliphatic rings. The number of aliphatic hydroxyl groups is 2. The van der Waals surface area contributed by atoms with E-state index < -0.39 is 38.4 Å². The van der Waals surface area contributed by atoms with Gasteiger partial charge in [0.15, 0.2) is 5.82 Å². The third kappa shape index (κ3) is 4.31. The Hall–Kier alpha value is -0.880. The molecule has 2 aromatic rings. The molecule has 0 bridgehead atoms. The zero-order valence-corrected chi connectivity index (χ0v) is 19.5. The van der Waals surface area contributed by atoms with Gasteiger partial charge in [-0.05, 0) is 41.7 Å². The number of halogens is 1. The minimum absolute atomic E-state index is 0.110. The van der Waals surface area contributed by atoms with Gasteiger partial charge in [-0.15, -0.1) is 11.3 Å². The summed E-state index contributed by atoms with van der Waals surface area (Å²) in [6.07, 6.45) is -1.36. The first-order chi connectivity index (χ1) is 15.2. The summed E-state index contributed by atoms with van der Waals surface area (Å²) in [5, 5.41) is 22.9. The van der Waals surface area contributed by atoms with E-state index in [2.05, 4.69) is 14.9 Å². The van der Waals surface area contributed by atoms with Crippen molar-refractivity contribution in [3.63, 3.8) is 0 Å². The molecule has 5 rings (SSSR count). The molecular weight excluding hydrogens is 481 g/mol. The van der Waals surface area contributed by atoms with Crippen LogP contribution >= 0.6 is 30.5 Å². The Morgan fingerprint density at radius 1 is 1.22 bits per heavy atom. The molecule has 0 amide bonds. The Balaban J connectivity index is 1.39. The van der Waals surface area contributed by atoms with E-state index in [-0.39, 0.29) is 11.9 Å². The number of aromatic nitrogens is 2. The van der Waals surface area contributed by atoms with Gasteiger partial charge in [0.1, 0.15) is 30.8 Å². The molecule has 2 aromatic heterocycles. The number of hydrogen-bond donors (Lipinski definition) is 4. The van der Waals surface area contributed by atoms with Crippen LogP contribution in [0.5, 0.6) is 0 Å². The summed E-state index contributed by atoms with van der Waals surface area (Å²) in [5.74, 6) is 2.16. The molecule has 0 spiro atoms. The molecule has 32 heavy (non-hydrogen) atoms. The van der Waals surface area contributed by atoms with E-state index in [1.54, 1.807) is 0 Å². The van der Waals surface area contributed by atoms with Crippen molar-refractivity contribution in [3.8, 4) is 0 Å². The lowest BCUT2D eigenvalue weighted by atomic mass is 10.0. The van der Waals surface area contributed by atoms with Crippen LogP contribution in [0.25, 0.3) is 10.2 Å². The van der Waals surface area contributed by atoms with Crippen LogP contribution in [0.3, 0.4) is 0 Å². The van der Waals surface area contributed by atoms with Gasteiger partial charge in [-0.3, -0.25) is 4.57 Å². The number of ether oxygens (including phenoxy) is 2. The first kappa shape index (κ1) is 22.9. The van der Waals surface area contributed by atoms with Crippen LogP contribution in [-0.2, 0) is 14.0 Å². The Morgan fingerprint density at radius 3 is 2.62 bits per heavy atom. The number of rotatable bonds is 6. The first-order valence-electron chi connectivity index (χ1n) is 10.5. The second-order valence-electron chi connectivity index (χ2n) is 8.78. The fourth-order valence-corrected chi connectivity index (χ4v) is 6.70. The molecule has 13 heteroatoms. The second-order valence-corrected chi connectivity index (χ2v) is 11.6. The standard InChI is InChI=1S/C19H25ClN3O7PS/c20-19-21-13-11(16-15(25)14(24)12(30-16)6-29-8-31(26,27)28)7-32-17(13)18(22-19)23-4-9-2-1-3-10(9)5-23/h7,9-10,12,14-16,24-25H,1-6,8H2,(H2,26,27,28)/t9?,10?,12?,14-,15-,16+/m1/s1. The molecule has 2 saturated heterocycles. The molecule has 4 N–H and O–H groups in total. The van der Waals surface area contributed by atoms with E-state index in [0.717, 1.165) is 23.6 Å². The van der Waals surface area contributed by atoms with Gasteiger partial charge in [0, 0.05) is 18.7 Å². The minimum atomic E-state index is -4.34. The van der Waals surface area contributed by atoms with Crippen molar-refractivity contribution >= 4 is 46.6 Å². The molecule has 6 atom stereocenters. The molecule has 176 valence electrons. The van der Waals surface area contributed by atoms with Crippen molar-refractivity contribution in [1.29, 1.82) is 0 Å². The van der Waals surface area contributed by atoms with E-state index in [0.29, 0.717) is 22.9 Å². The number of fused-ring (bicyclic) bond motifs is 2. The van der Waals surface area contributed by atoms with Gasteiger partial charge in [0.2, 0.25) is 5.28 Å². The molecule has 3 unspecified atom stereocenters. The van der Waals surface area contributed by atoms with Gasteiger partial charge < -0.3 is 34.4 Å². The molecule has 0 aromatic carbocycles. The van der Waals surface area contributed by atoms with Gasteiger partial charge in [-0.25, -0.2) is 4.98 Å². The molecule has 4 heterocycles. The van der Waals surface area contributed by atoms with Crippen molar-refractivity contribution < 1.29 is 34.0 Å². The monoisotopic (exact) mass is 505 g/mol. The summed E-state index contributed by atoms with van der Waals surface area (Å²) in [4.78, 5) is 29.0. The molecule has 0 radical (unpaired) electrons. The third-order valence-electron chi connectivity index (χ3n) is 6.63. The minimum Gasteiger partial charge on any atom is -0.387 e. The maximum absolute atomic E-state index is 11.0. The maximum Gasteiger partial charge on any atom is 0.350 e. The molecular formula is C19H25ClN3O7PS. The average molecular weight is 506 g/mol. The summed E-state index contributed by atoms with van der Waals surface area (Å²) in [6.45, 7) is 1.63. The Morgan fingerprint density at radius 2 is 1.94 bits per heavy atom. The molecule has 1 aliphatic carbocycles. The van der Waals surface area contributed by atoms with Gasteiger partial charge in [-0.2, -0.15) is 4.98 Å². The zero-order chi connectivity index (χ0) is 22.6. The predicted molar refractivity (Wildman–Crippen MR) is 118 cm³/mol. The largest absolute Gasteiger partial charge is 0.387 e. The van der Waals surface area contributed by atoms with Crippen LogP contribution in [0, 0.1) is 11.8 Å². The predicted octanol–water partition coefficient (Wildman–Crippen LogP) is 1.89. The highest BCUT2D eigenvalue weighted by molar-refractivity contribution is 7.51. The van der Waals surface area contributed by atoms with E-state index in [4.69, 9.17) is 30.9 Å². The van der Waals surface area contributed by atoms with Crippen LogP contribution in [0.15, 0.2) is 5.38 Å². The van der Waals surface area contributed by atoms with Gasteiger partial charge in [-0.1, -0.05) is 6.42 Å². The van der Waals surface area contributed by atoms with Crippen LogP contribution < -0.4 is 4.90 Å². The molecule has 3 fully saturated rings. The second kappa shape index (κ2) is 8.72. The van der Waals surface area contributed by atoms with Crippen LogP contribution in [0.4, 0.5) is 5.82 Å². The quantitative estimate of drug-likeness (QED) is 0.339. The van der Waals surface area contributed by atoms with Crippen molar-refractivity contribution in [2.75, 3.05) is 30.9 Å². The number of thiophene rings is 1. The highest BCUT2D eigenvalue weighted by Crippen LogP contribution is 2.45. The smallest absolute Gasteiger partial charge is 0.350 e. The SMILES string of the molecule is O=P(O)(O)COCC1O[C@@H](c2csc3c(N4CC5CCCC5C4)nc(Cl)nc23)[C@H](O)[C@@H]1O. The van der Waals surface area contributed by atoms with Gasteiger partial charge in [0.05, 0.1) is 16.8 Å². The van der Waals surface area contributed by atoms with Crippen molar-refractivity contribution in [3.05, 3.63) is 16.2 Å². The zero-order valence-electron chi connectivity index (χ0n) is 17.1. The Kier molecular flexibility index (Phi) is 6.24. The van der Waals surface area contributed by atoms with Crippen molar-refractivity contribution in [2.24, 2.45) is 11.8 Å². The molecule has 2 aliphatic heterocycles. The summed E-state index contributed by atoms with van der Waals surface area (Å²) in [5.41, 5.74) is 1.18. The normalized spacial score (nSPS) is 32.8. The number of anilines is 1. The number of hydrogen-bond acceptors (Lipinski definition) is 9. The van der Waals surface area contributed by atoms with E-state index >= 15 is 0 Å². The van der Waals surface area contributed by atoms with Crippen LogP contribution in [-0.4, -0.2) is 74.3 Å². The maximum atomic E-state index is 11.0. The topological polar surface area (TPSA) is 145 Å².